The van der Waals surface area contributed by atoms with Crippen LogP contribution < -0.4 is 5.32 Å². The summed E-state index contributed by atoms with van der Waals surface area (Å²) >= 11 is 0. The van der Waals surface area contributed by atoms with Gasteiger partial charge in [0.05, 0.1) is 6.54 Å². The first-order valence-corrected chi connectivity index (χ1v) is 5.77. The molecule has 0 aliphatic carbocycles. The first-order chi connectivity index (χ1) is 6.80. The van der Waals surface area contributed by atoms with Gasteiger partial charge in [-0.2, -0.15) is 0 Å². The van der Waals surface area contributed by atoms with Crippen LogP contribution in [0, 0.1) is 5.41 Å². The van der Waals surface area contributed by atoms with E-state index >= 15 is 0 Å². The first-order valence-electron chi connectivity index (χ1n) is 5.77. The van der Waals surface area contributed by atoms with E-state index in [0.29, 0.717) is 6.54 Å². The summed E-state index contributed by atoms with van der Waals surface area (Å²) in [5.74, 6) is 0.172. The summed E-state index contributed by atoms with van der Waals surface area (Å²) in [7, 11) is 1.88. The van der Waals surface area contributed by atoms with Gasteiger partial charge in [0, 0.05) is 13.1 Å². The zero-order chi connectivity index (χ0) is 12.1. The maximum Gasteiger partial charge on any atom is 0.236 e. The molecule has 1 unspecified atom stereocenters. The van der Waals surface area contributed by atoms with Gasteiger partial charge in [-0.3, -0.25) is 4.79 Å². The number of amides is 1. The van der Waals surface area contributed by atoms with Gasteiger partial charge in [0.15, 0.2) is 0 Å². The second-order valence-corrected chi connectivity index (χ2v) is 5.22. The van der Waals surface area contributed by atoms with Crippen molar-refractivity contribution in [2.75, 3.05) is 20.1 Å². The van der Waals surface area contributed by atoms with Crippen molar-refractivity contribution >= 4 is 5.91 Å². The third-order valence-electron chi connectivity index (χ3n) is 2.93. The van der Waals surface area contributed by atoms with Crippen molar-refractivity contribution in [3.63, 3.8) is 0 Å². The number of likely N-dealkylation sites (N-methyl/N-ethyl adjacent to an activating group) is 1. The lowest BCUT2D eigenvalue weighted by molar-refractivity contribution is -0.132. The number of carbonyl (C=O) groups is 1. The number of nitrogens with one attached hydrogen (secondary N) is 1. The van der Waals surface area contributed by atoms with Gasteiger partial charge in [0.2, 0.25) is 5.91 Å². The molecule has 0 fully saturated rings. The molecule has 0 aromatic heterocycles. The van der Waals surface area contributed by atoms with Crippen LogP contribution in [0.1, 0.15) is 41.0 Å². The maximum absolute atomic E-state index is 11.8. The third kappa shape index (κ3) is 5.17. The first kappa shape index (κ1) is 14.4. The van der Waals surface area contributed by atoms with E-state index in [-0.39, 0.29) is 17.4 Å². The summed E-state index contributed by atoms with van der Waals surface area (Å²) in [5, 5.41) is 3.13. The Balaban J connectivity index is 4.08. The topological polar surface area (TPSA) is 32.3 Å². The van der Waals surface area contributed by atoms with Crippen molar-refractivity contribution in [2.24, 2.45) is 5.41 Å². The van der Waals surface area contributed by atoms with E-state index in [9.17, 15) is 4.79 Å². The second kappa shape index (κ2) is 6.11. The average molecular weight is 214 g/mol. The highest BCUT2D eigenvalue weighted by Gasteiger charge is 2.26. The lowest BCUT2D eigenvalue weighted by Gasteiger charge is -2.35. The third-order valence-corrected chi connectivity index (χ3v) is 2.93. The van der Waals surface area contributed by atoms with Crippen molar-refractivity contribution in [1.29, 1.82) is 0 Å². The van der Waals surface area contributed by atoms with Crippen molar-refractivity contribution in [2.45, 2.75) is 47.1 Å². The van der Waals surface area contributed by atoms with Gasteiger partial charge in [-0.15, -0.1) is 0 Å². The number of hydrogen-bond acceptors (Lipinski definition) is 2. The van der Waals surface area contributed by atoms with Crippen LogP contribution in [0.4, 0.5) is 0 Å². The van der Waals surface area contributed by atoms with E-state index in [2.05, 4.69) is 39.9 Å². The summed E-state index contributed by atoms with van der Waals surface area (Å²) in [6.07, 6.45) is 1.06. The molecule has 3 nitrogen and oxygen atoms in total. The van der Waals surface area contributed by atoms with Gasteiger partial charge in [0.1, 0.15) is 0 Å². The van der Waals surface area contributed by atoms with Crippen LogP contribution in [0.2, 0.25) is 0 Å². The van der Waals surface area contributed by atoms with Crippen LogP contribution in [0.3, 0.4) is 0 Å². The second-order valence-electron chi connectivity index (χ2n) is 5.22. The minimum atomic E-state index is 0.134. The molecule has 0 rings (SSSR count). The van der Waals surface area contributed by atoms with Gasteiger partial charge in [-0.05, 0) is 25.3 Å². The summed E-state index contributed by atoms with van der Waals surface area (Å²) in [5.41, 5.74) is 0.134. The fourth-order valence-corrected chi connectivity index (χ4v) is 1.29. The Labute approximate surface area is 94.2 Å². The van der Waals surface area contributed by atoms with Crippen molar-refractivity contribution in [1.82, 2.24) is 10.2 Å². The van der Waals surface area contributed by atoms with E-state index in [1.54, 1.807) is 0 Å². The summed E-state index contributed by atoms with van der Waals surface area (Å²) < 4.78 is 0. The van der Waals surface area contributed by atoms with Crippen LogP contribution in [0.25, 0.3) is 0 Å². The van der Waals surface area contributed by atoms with Gasteiger partial charge in [-0.25, -0.2) is 0 Å². The van der Waals surface area contributed by atoms with Crippen molar-refractivity contribution < 1.29 is 4.79 Å². The van der Waals surface area contributed by atoms with Crippen LogP contribution in [0.5, 0.6) is 0 Å². The Hall–Kier alpha value is -0.570. The number of hydrogen-bond donors (Lipinski definition) is 1. The molecule has 0 radical (unpaired) electrons. The molecule has 1 N–H and O–H groups in total. The molecular formula is C12H26N2O. The molecule has 0 aromatic carbocycles. The Morgan fingerprint density at radius 2 is 1.93 bits per heavy atom. The van der Waals surface area contributed by atoms with E-state index in [1.807, 2.05) is 11.9 Å². The molecule has 0 saturated carbocycles. The van der Waals surface area contributed by atoms with Gasteiger partial charge >= 0.3 is 0 Å². The van der Waals surface area contributed by atoms with E-state index < -0.39 is 0 Å². The predicted octanol–water partition coefficient (Wildman–Crippen LogP) is 1.88. The monoisotopic (exact) mass is 214 g/mol. The van der Waals surface area contributed by atoms with Crippen LogP contribution in [0.15, 0.2) is 0 Å². The highest BCUT2D eigenvalue weighted by Crippen LogP contribution is 2.22. The summed E-state index contributed by atoms with van der Waals surface area (Å²) in [4.78, 5) is 13.6. The molecule has 15 heavy (non-hydrogen) atoms. The molecule has 0 aromatic rings. The molecule has 1 amide bonds. The lowest BCUT2D eigenvalue weighted by Crippen LogP contribution is -2.46. The zero-order valence-corrected chi connectivity index (χ0v) is 11.1. The van der Waals surface area contributed by atoms with E-state index in [1.165, 1.54) is 0 Å². The molecule has 0 saturated heterocycles. The largest absolute Gasteiger partial charge is 0.341 e. The normalized spacial score (nSPS) is 13.7. The molecule has 0 aliphatic rings. The molecule has 0 heterocycles. The maximum atomic E-state index is 11.8. The SMILES string of the molecule is CCCNCC(=O)N(C)C(C)C(C)(C)C. The molecule has 1 atom stereocenters. The Bertz CT molecular complexity index is 196. The van der Waals surface area contributed by atoms with Crippen LogP contribution in [-0.4, -0.2) is 37.0 Å². The van der Waals surface area contributed by atoms with E-state index in [4.69, 9.17) is 0 Å². The Kier molecular flexibility index (Phi) is 5.88. The lowest BCUT2D eigenvalue weighted by atomic mass is 9.87. The number of rotatable bonds is 5. The van der Waals surface area contributed by atoms with Crippen LogP contribution >= 0.6 is 0 Å². The highest BCUT2D eigenvalue weighted by atomic mass is 16.2. The summed E-state index contributed by atoms with van der Waals surface area (Å²) in [6, 6.07) is 0.258. The van der Waals surface area contributed by atoms with Gasteiger partial charge in [-0.1, -0.05) is 27.7 Å². The Morgan fingerprint density at radius 3 is 2.33 bits per heavy atom. The Morgan fingerprint density at radius 1 is 1.40 bits per heavy atom. The average Bonchev–Trinajstić information content (AvgIpc) is 2.14. The smallest absolute Gasteiger partial charge is 0.236 e. The molecule has 0 spiro atoms. The highest BCUT2D eigenvalue weighted by molar-refractivity contribution is 5.78. The van der Waals surface area contributed by atoms with Gasteiger partial charge < -0.3 is 10.2 Å². The molecular weight excluding hydrogens is 188 g/mol. The molecule has 0 bridgehead atoms. The van der Waals surface area contributed by atoms with Crippen molar-refractivity contribution in [3.8, 4) is 0 Å². The fraction of sp³-hybridized carbons (Fsp3) is 0.917. The van der Waals surface area contributed by atoms with Crippen LogP contribution in [-0.2, 0) is 4.79 Å². The molecule has 3 heteroatoms. The molecule has 0 aliphatic heterocycles. The quantitative estimate of drug-likeness (QED) is 0.709. The summed E-state index contributed by atoms with van der Waals surface area (Å²) in [6.45, 7) is 12.0. The fourth-order valence-electron chi connectivity index (χ4n) is 1.29. The van der Waals surface area contributed by atoms with E-state index in [0.717, 1.165) is 13.0 Å². The number of nitrogens with zero attached hydrogens (tertiary/aromatic N) is 1. The standard InChI is InChI=1S/C12H26N2O/c1-7-8-13-9-11(15)14(6)10(2)12(3,4)5/h10,13H,7-9H2,1-6H3. The predicted molar refractivity (Wildman–Crippen MR) is 64.8 cm³/mol. The minimum absolute atomic E-state index is 0.134. The minimum Gasteiger partial charge on any atom is -0.341 e. The zero-order valence-electron chi connectivity index (χ0n) is 11.1. The van der Waals surface area contributed by atoms with Gasteiger partial charge in [0.25, 0.3) is 0 Å². The number of carbonyl (C=O) groups excluding carboxylic acids is 1. The van der Waals surface area contributed by atoms with Crippen molar-refractivity contribution in [3.05, 3.63) is 0 Å². The molecule has 90 valence electrons.